The third kappa shape index (κ3) is 3.16. The third-order valence-corrected chi connectivity index (χ3v) is 5.18. The Kier molecular flexibility index (Phi) is 4.67. The van der Waals surface area contributed by atoms with Crippen LogP contribution in [0.2, 0.25) is 0 Å². The SMILES string of the molecule is COc1ccc(NC2=C(c3cccs3)C(=O)N(c3ccc(F)cc3)C2=O)cc1. The van der Waals surface area contributed by atoms with Crippen molar-refractivity contribution in [3.8, 4) is 5.75 Å². The molecule has 140 valence electrons. The number of methoxy groups -OCH3 is 1. The number of anilines is 2. The van der Waals surface area contributed by atoms with Crippen LogP contribution in [0.15, 0.2) is 71.7 Å². The maximum Gasteiger partial charge on any atom is 0.282 e. The Bertz CT molecular complexity index is 1060. The standard InChI is InChI=1S/C21H15FN2O3S/c1-27-16-10-6-14(7-11-16)23-19-18(17-3-2-12-28-17)20(25)24(21(19)26)15-8-4-13(22)5-9-15/h2-12,23H,1H3. The van der Waals surface area contributed by atoms with E-state index < -0.39 is 17.6 Å². The highest BCUT2D eigenvalue weighted by Crippen LogP contribution is 2.35. The molecule has 1 N–H and O–H groups in total. The van der Waals surface area contributed by atoms with Crippen LogP contribution in [0.3, 0.4) is 0 Å². The second-order valence-electron chi connectivity index (χ2n) is 6.00. The summed E-state index contributed by atoms with van der Waals surface area (Å²) in [5.41, 5.74) is 1.44. The van der Waals surface area contributed by atoms with Crippen molar-refractivity contribution in [1.82, 2.24) is 0 Å². The van der Waals surface area contributed by atoms with Gasteiger partial charge in [0, 0.05) is 10.6 Å². The number of amides is 2. The smallest absolute Gasteiger partial charge is 0.282 e. The summed E-state index contributed by atoms with van der Waals surface area (Å²) in [4.78, 5) is 27.9. The Labute approximate surface area is 164 Å². The molecule has 0 fully saturated rings. The maximum absolute atomic E-state index is 13.3. The van der Waals surface area contributed by atoms with Crippen molar-refractivity contribution in [2.75, 3.05) is 17.3 Å². The zero-order valence-electron chi connectivity index (χ0n) is 14.8. The van der Waals surface area contributed by atoms with Crippen molar-refractivity contribution in [3.63, 3.8) is 0 Å². The van der Waals surface area contributed by atoms with E-state index in [1.807, 2.05) is 11.4 Å². The molecule has 3 aromatic rings. The second kappa shape index (κ2) is 7.28. The third-order valence-electron chi connectivity index (χ3n) is 4.30. The van der Waals surface area contributed by atoms with Gasteiger partial charge in [0.25, 0.3) is 11.8 Å². The Morgan fingerprint density at radius 3 is 2.29 bits per heavy atom. The van der Waals surface area contributed by atoms with E-state index in [1.54, 1.807) is 37.4 Å². The van der Waals surface area contributed by atoms with Gasteiger partial charge in [-0.3, -0.25) is 9.59 Å². The molecule has 0 spiro atoms. The highest BCUT2D eigenvalue weighted by Gasteiger charge is 2.40. The second-order valence-corrected chi connectivity index (χ2v) is 6.95. The predicted molar refractivity (Wildman–Crippen MR) is 107 cm³/mol. The number of hydrogen-bond acceptors (Lipinski definition) is 5. The van der Waals surface area contributed by atoms with Crippen LogP contribution in [-0.4, -0.2) is 18.9 Å². The minimum atomic E-state index is -0.490. The number of nitrogens with zero attached hydrogens (tertiary/aromatic N) is 1. The van der Waals surface area contributed by atoms with Crippen LogP contribution in [0.25, 0.3) is 5.57 Å². The minimum absolute atomic E-state index is 0.182. The lowest BCUT2D eigenvalue weighted by Crippen LogP contribution is -2.32. The summed E-state index contributed by atoms with van der Waals surface area (Å²) in [5.74, 6) is -0.698. The summed E-state index contributed by atoms with van der Waals surface area (Å²) in [6.07, 6.45) is 0. The predicted octanol–water partition coefficient (Wildman–Crippen LogP) is 4.29. The molecule has 7 heteroatoms. The van der Waals surface area contributed by atoms with Gasteiger partial charge >= 0.3 is 0 Å². The van der Waals surface area contributed by atoms with Gasteiger partial charge < -0.3 is 10.1 Å². The summed E-state index contributed by atoms with van der Waals surface area (Å²) >= 11 is 1.37. The van der Waals surface area contributed by atoms with Gasteiger partial charge in [-0.15, -0.1) is 11.3 Å². The van der Waals surface area contributed by atoms with Gasteiger partial charge in [0.2, 0.25) is 0 Å². The van der Waals surface area contributed by atoms with Gasteiger partial charge in [0.05, 0.1) is 18.4 Å². The fourth-order valence-electron chi connectivity index (χ4n) is 2.94. The van der Waals surface area contributed by atoms with Crippen molar-refractivity contribution in [2.45, 2.75) is 0 Å². The van der Waals surface area contributed by atoms with Crippen molar-refractivity contribution in [1.29, 1.82) is 0 Å². The van der Waals surface area contributed by atoms with Crippen molar-refractivity contribution < 1.29 is 18.7 Å². The fraction of sp³-hybridized carbons (Fsp3) is 0.0476. The monoisotopic (exact) mass is 394 g/mol. The lowest BCUT2D eigenvalue weighted by molar-refractivity contribution is -0.120. The average molecular weight is 394 g/mol. The van der Waals surface area contributed by atoms with Gasteiger partial charge in [0.1, 0.15) is 17.3 Å². The van der Waals surface area contributed by atoms with Crippen LogP contribution in [0.5, 0.6) is 5.75 Å². The number of carbonyl (C=O) groups excluding carboxylic acids is 2. The molecule has 0 bridgehead atoms. The van der Waals surface area contributed by atoms with E-state index >= 15 is 0 Å². The molecule has 0 unspecified atom stereocenters. The zero-order valence-corrected chi connectivity index (χ0v) is 15.6. The molecule has 1 aliphatic rings. The molecule has 0 radical (unpaired) electrons. The van der Waals surface area contributed by atoms with Crippen LogP contribution >= 0.6 is 11.3 Å². The van der Waals surface area contributed by atoms with E-state index in [0.717, 1.165) is 4.90 Å². The van der Waals surface area contributed by atoms with Crippen LogP contribution in [0.4, 0.5) is 15.8 Å². The number of imide groups is 1. The zero-order chi connectivity index (χ0) is 19.7. The number of nitrogens with one attached hydrogen (secondary N) is 1. The van der Waals surface area contributed by atoms with E-state index in [2.05, 4.69) is 5.32 Å². The van der Waals surface area contributed by atoms with E-state index in [4.69, 9.17) is 4.74 Å². The number of halogens is 1. The Morgan fingerprint density at radius 1 is 0.964 bits per heavy atom. The van der Waals surface area contributed by atoms with Gasteiger partial charge in [-0.2, -0.15) is 0 Å². The summed E-state index contributed by atoms with van der Waals surface area (Å²) in [5, 5.41) is 4.91. The van der Waals surface area contributed by atoms with E-state index in [0.29, 0.717) is 27.6 Å². The molecule has 1 aromatic heterocycles. The van der Waals surface area contributed by atoms with Crippen molar-refractivity contribution >= 4 is 40.1 Å². The molecule has 0 atom stereocenters. The summed E-state index contributed by atoms with van der Waals surface area (Å²) in [7, 11) is 1.57. The molecule has 2 aromatic carbocycles. The molecule has 0 saturated carbocycles. The first-order valence-electron chi connectivity index (χ1n) is 8.42. The highest BCUT2D eigenvalue weighted by molar-refractivity contribution is 7.11. The Hall–Kier alpha value is -3.45. The first kappa shape index (κ1) is 17.9. The van der Waals surface area contributed by atoms with Crippen molar-refractivity contribution in [3.05, 3.63) is 82.4 Å². The van der Waals surface area contributed by atoms with Gasteiger partial charge in [-0.1, -0.05) is 6.07 Å². The first-order chi connectivity index (χ1) is 13.6. The normalized spacial score (nSPS) is 14.0. The lowest BCUT2D eigenvalue weighted by Gasteiger charge is -2.15. The molecule has 0 saturated heterocycles. The molecule has 1 aliphatic heterocycles. The van der Waals surface area contributed by atoms with Gasteiger partial charge in [-0.25, -0.2) is 9.29 Å². The van der Waals surface area contributed by atoms with Crippen LogP contribution < -0.4 is 15.0 Å². The van der Waals surface area contributed by atoms with Crippen LogP contribution in [0, 0.1) is 5.82 Å². The molecule has 2 heterocycles. The number of thiophene rings is 1. The van der Waals surface area contributed by atoms with E-state index in [-0.39, 0.29) is 5.70 Å². The topological polar surface area (TPSA) is 58.6 Å². The molecular formula is C21H15FN2O3S. The molecule has 0 aliphatic carbocycles. The molecule has 4 rings (SSSR count). The van der Waals surface area contributed by atoms with Gasteiger partial charge in [0.15, 0.2) is 0 Å². The highest BCUT2D eigenvalue weighted by atomic mass is 32.1. The van der Waals surface area contributed by atoms with Crippen molar-refractivity contribution in [2.24, 2.45) is 0 Å². The van der Waals surface area contributed by atoms with Crippen LogP contribution in [0.1, 0.15) is 4.88 Å². The Morgan fingerprint density at radius 2 is 1.68 bits per heavy atom. The number of ether oxygens (including phenoxy) is 1. The number of rotatable bonds is 5. The number of carbonyl (C=O) groups is 2. The van der Waals surface area contributed by atoms with Gasteiger partial charge in [-0.05, 0) is 60.0 Å². The van der Waals surface area contributed by atoms with Crippen LogP contribution in [-0.2, 0) is 9.59 Å². The summed E-state index contributed by atoms with van der Waals surface area (Å²) < 4.78 is 18.4. The molecular weight excluding hydrogens is 379 g/mol. The largest absolute Gasteiger partial charge is 0.497 e. The fourth-order valence-corrected chi connectivity index (χ4v) is 3.71. The molecule has 5 nitrogen and oxygen atoms in total. The maximum atomic E-state index is 13.3. The average Bonchev–Trinajstić information content (AvgIpc) is 3.31. The summed E-state index contributed by atoms with van der Waals surface area (Å²) in [6.45, 7) is 0. The summed E-state index contributed by atoms with van der Waals surface area (Å²) in [6, 6.07) is 15.9. The Balaban J connectivity index is 1.75. The van der Waals surface area contributed by atoms with E-state index in [1.165, 1.54) is 35.6 Å². The quantitative estimate of drug-likeness (QED) is 0.656. The van der Waals surface area contributed by atoms with E-state index in [9.17, 15) is 14.0 Å². The first-order valence-corrected chi connectivity index (χ1v) is 9.30. The minimum Gasteiger partial charge on any atom is -0.497 e. The molecule has 28 heavy (non-hydrogen) atoms. The number of benzene rings is 2. The lowest BCUT2D eigenvalue weighted by atomic mass is 10.2. The number of hydrogen-bond donors (Lipinski definition) is 1. The molecule has 2 amide bonds.